The molecule has 0 aliphatic heterocycles. The molecule has 0 saturated heterocycles. The summed E-state index contributed by atoms with van der Waals surface area (Å²) in [5.74, 6) is 0. The topological polar surface area (TPSA) is 3.24 Å². The summed E-state index contributed by atoms with van der Waals surface area (Å²) >= 11 is 0. The highest BCUT2D eigenvalue weighted by Crippen LogP contribution is 2.54. The molecule has 1 heteroatoms. The fraction of sp³-hybridized carbons (Fsp3) is 0.333. The number of rotatable bonds is 4. The predicted octanol–water partition coefficient (Wildman–Crippen LogP) is 12.4. The van der Waals surface area contributed by atoms with Gasteiger partial charge in [0.25, 0.3) is 0 Å². The molecule has 5 aromatic rings. The van der Waals surface area contributed by atoms with Gasteiger partial charge >= 0.3 is 0 Å². The summed E-state index contributed by atoms with van der Waals surface area (Å²) in [6.07, 6.45) is 7.39. The normalized spacial score (nSPS) is 18.2. The van der Waals surface area contributed by atoms with Crippen LogP contribution in [0.2, 0.25) is 0 Å². The summed E-state index contributed by atoms with van der Waals surface area (Å²) in [5, 5.41) is 0. The molecule has 5 aromatic carbocycles. The van der Waals surface area contributed by atoms with E-state index in [1.165, 1.54) is 111 Å². The maximum Gasteiger partial charge on any atom is 0.0543 e. The zero-order chi connectivity index (χ0) is 31.8. The molecule has 0 atom stereocenters. The standard InChI is InChI=1S/C45H47N/c1-43(2)24-25-44(3,4)41-27-34(22-23-39(41)43)46(33-16-8-7-9-17-33)42-29-40-37(35-18-12-13-19-38(35)45(40,5)6)28-36(42)32-21-20-30-14-10-11-15-31(30)26-32/h7-9,12-13,16-23,26-29H,10-11,14-15,24-25H2,1-6H3. The molecular formula is C45H47N. The first-order valence-corrected chi connectivity index (χ1v) is 17.5. The van der Waals surface area contributed by atoms with E-state index < -0.39 is 0 Å². The van der Waals surface area contributed by atoms with Crippen LogP contribution in [0.5, 0.6) is 0 Å². The molecule has 0 saturated carbocycles. The van der Waals surface area contributed by atoms with E-state index in [4.69, 9.17) is 0 Å². The lowest BCUT2D eigenvalue weighted by molar-refractivity contribution is 0.332. The van der Waals surface area contributed by atoms with Gasteiger partial charge in [-0.15, -0.1) is 0 Å². The van der Waals surface area contributed by atoms with Gasteiger partial charge in [-0.3, -0.25) is 0 Å². The number of nitrogens with zero attached hydrogens (tertiary/aromatic N) is 1. The molecule has 46 heavy (non-hydrogen) atoms. The fourth-order valence-corrected chi connectivity index (χ4v) is 8.77. The minimum atomic E-state index is -0.0840. The second kappa shape index (κ2) is 10.5. The van der Waals surface area contributed by atoms with Crippen molar-refractivity contribution in [3.63, 3.8) is 0 Å². The van der Waals surface area contributed by atoms with E-state index in [2.05, 4.69) is 150 Å². The molecule has 1 nitrogen and oxygen atoms in total. The Morgan fingerprint density at radius 2 is 1.17 bits per heavy atom. The minimum Gasteiger partial charge on any atom is -0.310 e. The van der Waals surface area contributed by atoms with Crippen molar-refractivity contribution in [1.29, 1.82) is 0 Å². The highest BCUT2D eigenvalue weighted by atomic mass is 15.1. The van der Waals surface area contributed by atoms with Crippen LogP contribution < -0.4 is 4.90 Å². The summed E-state index contributed by atoms with van der Waals surface area (Å²) in [6, 6.07) is 39.8. The average molecular weight is 602 g/mol. The van der Waals surface area contributed by atoms with Crippen LogP contribution in [0.25, 0.3) is 22.3 Å². The van der Waals surface area contributed by atoms with E-state index in [0.29, 0.717) is 0 Å². The maximum absolute atomic E-state index is 2.55. The first-order valence-electron chi connectivity index (χ1n) is 17.5. The highest BCUT2D eigenvalue weighted by molar-refractivity contribution is 5.95. The summed E-state index contributed by atoms with van der Waals surface area (Å²) in [6.45, 7) is 14.5. The highest BCUT2D eigenvalue weighted by Gasteiger charge is 2.39. The zero-order valence-corrected chi connectivity index (χ0v) is 28.5. The molecule has 0 aromatic heterocycles. The number of hydrogen-bond acceptors (Lipinski definition) is 1. The number of anilines is 3. The van der Waals surface area contributed by atoms with Crippen LogP contribution in [-0.2, 0) is 29.1 Å². The van der Waals surface area contributed by atoms with Crippen molar-refractivity contribution < 1.29 is 0 Å². The summed E-state index contributed by atoms with van der Waals surface area (Å²) in [4.78, 5) is 2.55. The Kier molecular flexibility index (Phi) is 6.67. The van der Waals surface area contributed by atoms with Crippen LogP contribution in [0.4, 0.5) is 17.1 Å². The fourth-order valence-electron chi connectivity index (χ4n) is 8.77. The Morgan fingerprint density at radius 1 is 0.478 bits per heavy atom. The van der Waals surface area contributed by atoms with Gasteiger partial charge in [0.15, 0.2) is 0 Å². The van der Waals surface area contributed by atoms with Crippen molar-refractivity contribution in [3.8, 4) is 22.3 Å². The van der Waals surface area contributed by atoms with Crippen molar-refractivity contribution in [2.24, 2.45) is 0 Å². The molecule has 0 spiro atoms. The Morgan fingerprint density at radius 3 is 1.96 bits per heavy atom. The molecule has 0 heterocycles. The number of hydrogen-bond donors (Lipinski definition) is 0. The lowest BCUT2D eigenvalue weighted by Gasteiger charge is -2.42. The van der Waals surface area contributed by atoms with Crippen molar-refractivity contribution in [2.75, 3.05) is 4.90 Å². The van der Waals surface area contributed by atoms with Crippen molar-refractivity contribution in [3.05, 3.63) is 137 Å². The molecule has 232 valence electrons. The molecule has 3 aliphatic carbocycles. The van der Waals surface area contributed by atoms with E-state index in [1.807, 2.05) is 0 Å². The first-order chi connectivity index (χ1) is 22.0. The lowest BCUT2D eigenvalue weighted by atomic mass is 9.63. The van der Waals surface area contributed by atoms with Crippen LogP contribution in [0, 0.1) is 0 Å². The minimum absolute atomic E-state index is 0.0840. The van der Waals surface area contributed by atoms with Gasteiger partial charge in [-0.25, -0.2) is 0 Å². The number of aryl methyl sites for hydroxylation is 2. The Balaban J connectivity index is 1.42. The SMILES string of the molecule is CC1(C)CCC(C)(C)c2cc(N(c3ccccc3)c3cc4c(cc3-c3ccc5c(c3)CCCC5)-c3ccccc3C4(C)C)ccc21. The van der Waals surface area contributed by atoms with Gasteiger partial charge in [0.2, 0.25) is 0 Å². The molecule has 3 aliphatic rings. The summed E-state index contributed by atoms with van der Waals surface area (Å²) in [5.41, 5.74) is 18.2. The molecule has 0 radical (unpaired) electrons. The molecular weight excluding hydrogens is 555 g/mol. The molecule has 0 bridgehead atoms. The van der Waals surface area contributed by atoms with Gasteiger partial charge in [-0.1, -0.05) is 108 Å². The van der Waals surface area contributed by atoms with Crippen molar-refractivity contribution in [2.45, 2.75) is 96.3 Å². The van der Waals surface area contributed by atoms with Crippen LogP contribution in [0.15, 0.2) is 103 Å². The second-order valence-corrected chi connectivity index (χ2v) is 15.9. The largest absolute Gasteiger partial charge is 0.310 e. The summed E-state index contributed by atoms with van der Waals surface area (Å²) in [7, 11) is 0. The van der Waals surface area contributed by atoms with E-state index >= 15 is 0 Å². The Bertz CT molecular complexity index is 1970. The van der Waals surface area contributed by atoms with Crippen LogP contribution >= 0.6 is 0 Å². The molecule has 0 fully saturated rings. The third kappa shape index (κ3) is 4.57. The van der Waals surface area contributed by atoms with Gasteiger partial charge in [-0.05, 0) is 136 Å². The Labute approximate surface area is 276 Å². The van der Waals surface area contributed by atoms with Gasteiger partial charge in [0.1, 0.15) is 0 Å². The molecule has 8 rings (SSSR count). The van der Waals surface area contributed by atoms with Gasteiger partial charge in [0, 0.05) is 22.4 Å². The van der Waals surface area contributed by atoms with E-state index in [1.54, 1.807) is 0 Å². The maximum atomic E-state index is 2.55. The number of fused-ring (bicyclic) bond motifs is 5. The first kappa shape index (κ1) is 29.3. The number of benzene rings is 5. The van der Waals surface area contributed by atoms with Gasteiger partial charge < -0.3 is 4.90 Å². The average Bonchev–Trinajstić information content (AvgIpc) is 3.29. The third-order valence-corrected chi connectivity index (χ3v) is 11.7. The van der Waals surface area contributed by atoms with Crippen LogP contribution in [0.1, 0.15) is 101 Å². The van der Waals surface area contributed by atoms with Crippen LogP contribution in [-0.4, -0.2) is 0 Å². The third-order valence-electron chi connectivity index (χ3n) is 11.7. The van der Waals surface area contributed by atoms with Crippen molar-refractivity contribution in [1.82, 2.24) is 0 Å². The van der Waals surface area contributed by atoms with Crippen LogP contribution in [0.3, 0.4) is 0 Å². The lowest BCUT2D eigenvalue weighted by Crippen LogP contribution is -2.34. The monoisotopic (exact) mass is 601 g/mol. The Hall–Kier alpha value is -4.10. The molecule has 0 amide bonds. The zero-order valence-electron chi connectivity index (χ0n) is 28.5. The smallest absolute Gasteiger partial charge is 0.0543 e. The van der Waals surface area contributed by atoms with Gasteiger partial charge in [-0.2, -0.15) is 0 Å². The predicted molar refractivity (Wildman–Crippen MR) is 196 cm³/mol. The quantitative estimate of drug-likeness (QED) is 0.198. The molecule has 0 N–H and O–H groups in total. The second-order valence-electron chi connectivity index (χ2n) is 15.9. The number of para-hydroxylation sites is 1. The van der Waals surface area contributed by atoms with E-state index in [9.17, 15) is 0 Å². The van der Waals surface area contributed by atoms with E-state index in [0.717, 1.165) is 0 Å². The summed E-state index contributed by atoms with van der Waals surface area (Å²) < 4.78 is 0. The van der Waals surface area contributed by atoms with E-state index in [-0.39, 0.29) is 16.2 Å². The van der Waals surface area contributed by atoms with Crippen molar-refractivity contribution >= 4 is 17.1 Å². The van der Waals surface area contributed by atoms with Gasteiger partial charge in [0.05, 0.1) is 5.69 Å². The molecule has 0 unspecified atom stereocenters.